The molecule has 0 aliphatic heterocycles. The van der Waals surface area contributed by atoms with Crippen LogP contribution in [0.4, 0.5) is 0 Å². The maximum absolute atomic E-state index is 6.35. The Balaban J connectivity index is 1.95. The second kappa shape index (κ2) is 10.9. The smallest absolute Gasteiger partial charge is 0.162 e. The second-order valence-electron chi connectivity index (χ2n) is 6.07. The average Bonchev–Trinajstić information content (AvgIpc) is 2.67. The summed E-state index contributed by atoms with van der Waals surface area (Å²) in [5.41, 5.74) is 2.10. The summed E-state index contributed by atoms with van der Waals surface area (Å²) in [6, 6.07) is 11.8. The van der Waals surface area contributed by atoms with Crippen molar-refractivity contribution >= 4 is 11.6 Å². The molecule has 0 bridgehead atoms. The molecule has 1 N–H and O–H groups in total. The van der Waals surface area contributed by atoms with Gasteiger partial charge in [0.25, 0.3) is 0 Å². The van der Waals surface area contributed by atoms with Crippen molar-refractivity contribution in [1.82, 2.24) is 5.32 Å². The van der Waals surface area contributed by atoms with Crippen LogP contribution in [0.2, 0.25) is 5.02 Å². The number of hydrogen-bond donors (Lipinski definition) is 1. The zero-order valence-corrected chi connectivity index (χ0v) is 16.6. The fourth-order valence-corrected chi connectivity index (χ4v) is 2.91. The molecule has 4 nitrogen and oxygen atoms in total. The average molecular weight is 378 g/mol. The Morgan fingerprint density at radius 2 is 1.58 bits per heavy atom. The van der Waals surface area contributed by atoms with Crippen LogP contribution in [0, 0.1) is 0 Å². The molecule has 2 rings (SSSR count). The molecule has 0 atom stereocenters. The van der Waals surface area contributed by atoms with Crippen LogP contribution in [0.5, 0.6) is 17.2 Å². The topological polar surface area (TPSA) is 39.7 Å². The highest BCUT2D eigenvalue weighted by Gasteiger charge is 2.10. The molecule has 0 saturated carbocycles. The van der Waals surface area contributed by atoms with Crippen molar-refractivity contribution in [3.8, 4) is 17.2 Å². The fraction of sp³-hybridized carbons (Fsp3) is 0.429. The lowest BCUT2D eigenvalue weighted by atomic mass is 10.1. The Morgan fingerprint density at radius 3 is 2.31 bits per heavy atom. The van der Waals surface area contributed by atoms with Crippen LogP contribution in [0.3, 0.4) is 0 Å². The summed E-state index contributed by atoms with van der Waals surface area (Å²) in [7, 11) is 3.22. The Bertz CT molecular complexity index is 691. The van der Waals surface area contributed by atoms with E-state index in [-0.39, 0.29) is 0 Å². The van der Waals surface area contributed by atoms with E-state index in [0.29, 0.717) is 29.6 Å². The summed E-state index contributed by atoms with van der Waals surface area (Å²) in [6.07, 6.45) is 3.47. The van der Waals surface area contributed by atoms with Gasteiger partial charge in [0.1, 0.15) is 5.75 Å². The monoisotopic (exact) mass is 377 g/mol. The Labute approximate surface area is 161 Å². The normalized spacial score (nSPS) is 10.6. The van der Waals surface area contributed by atoms with Gasteiger partial charge in [-0.1, -0.05) is 49.6 Å². The first kappa shape index (κ1) is 20.4. The Hall–Kier alpha value is -1.91. The maximum atomic E-state index is 6.35. The molecule has 0 amide bonds. The SMILES string of the molecule is CCCCCOc1ccccc1CNCc1cc(OC)c(OC)cc1Cl. The van der Waals surface area contributed by atoms with Gasteiger partial charge in [-0.3, -0.25) is 0 Å². The minimum Gasteiger partial charge on any atom is -0.493 e. The van der Waals surface area contributed by atoms with Gasteiger partial charge in [-0.2, -0.15) is 0 Å². The predicted octanol–water partition coefficient (Wildman–Crippen LogP) is 5.22. The molecule has 0 unspecified atom stereocenters. The van der Waals surface area contributed by atoms with Gasteiger partial charge in [0.2, 0.25) is 0 Å². The molecular weight excluding hydrogens is 350 g/mol. The van der Waals surface area contributed by atoms with E-state index in [1.54, 1.807) is 20.3 Å². The number of hydrogen-bond acceptors (Lipinski definition) is 4. The summed E-state index contributed by atoms with van der Waals surface area (Å²) in [5, 5.41) is 4.08. The van der Waals surface area contributed by atoms with E-state index >= 15 is 0 Å². The maximum Gasteiger partial charge on any atom is 0.162 e. The highest BCUT2D eigenvalue weighted by Crippen LogP contribution is 2.33. The zero-order valence-electron chi connectivity index (χ0n) is 15.8. The summed E-state index contributed by atoms with van der Waals surface area (Å²) in [4.78, 5) is 0. The molecule has 0 saturated heterocycles. The minimum atomic E-state index is 0.628. The molecule has 26 heavy (non-hydrogen) atoms. The molecule has 0 aromatic heterocycles. The number of unbranched alkanes of at least 4 members (excludes halogenated alkanes) is 2. The number of rotatable bonds is 11. The lowest BCUT2D eigenvalue weighted by Gasteiger charge is -2.14. The standard InChI is InChI=1S/C21H28ClNO3/c1-4-5-8-11-26-19-10-7-6-9-16(19)14-23-15-17-12-20(24-2)21(25-3)13-18(17)22/h6-7,9-10,12-13,23H,4-5,8,11,14-15H2,1-3H3. The number of nitrogens with one attached hydrogen (secondary N) is 1. The van der Waals surface area contributed by atoms with E-state index in [1.807, 2.05) is 24.3 Å². The third-order valence-corrected chi connectivity index (χ3v) is 4.51. The van der Waals surface area contributed by atoms with Crippen LogP contribution in [-0.4, -0.2) is 20.8 Å². The van der Waals surface area contributed by atoms with Crippen molar-refractivity contribution in [2.75, 3.05) is 20.8 Å². The first-order chi connectivity index (χ1) is 12.7. The van der Waals surface area contributed by atoms with E-state index in [1.165, 1.54) is 12.8 Å². The lowest BCUT2D eigenvalue weighted by molar-refractivity contribution is 0.302. The van der Waals surface area contributed by atoms with Crippen molar-refractivity contribution in [2.24, 2.45) is 0 Å². The zero-order chi connectivity index (χ0) is 18.8. The van der Waals surface area contributed by atoms with Gasteiger partial charge in [0.15, 0.2) is 11.5 Å². The predicted molar refractivity (Wildman–Crippen MR) is 107 cm³/mol. The molecule has 0 aliphatic rings. The van der Waals surface area contributed by atoms with Crippen molar-refractivity contribution in [3.05, 3.63) is 52.5 Å². The van der Waals surface area contributed by atoms with Crippen molar-refractivity contribution in [3.63, 3.8) is 0 Å². The third kappa shape index (κ3) is 5.82. The molecule has 0 spiro atoms. The number of benzene rings is 2. The van der Waals surface area contributed by atoms with Gasteiger partial charge in [0.05, 0.1) is 20.8 Å². The fourth-order valence-electron chi connectivity index (χ4n) is 2.69. The molecule has 0 fully saturated rings. The van der Waals surface area contributed by atoms with Gasteiger partial charge in [-0.05, 0) is 24.1 Å². The van der Waals surface area contributed by atoms with Gasteiger partial charge < -0.3 is 19.5 Å². The number of halogens is 1. The minimum absolute atomic E-state index is 0.628. The van der Waals surface area contributed by atoms with Crippen LogP contribution in [0.25, 0.3) is 0 Å². The lowest BCUT2D eigenvalue weighted by Crippen LogP contribution is -2.14. The first-order valence-corrected chi connectivity index (χ1v) is 9.39. The van der Waals surface area contributed by atoms with Crippen LogP contribution in [0.1, 0.15) is 37.3 Å². The molecule has 2 aromatic carbocycles. The van der Waals surface area contributed by atoms with Crippen LogP contribution >= 0.6 is 11.6 Å². The number of methoxy groups -OCH3 is 2. The molecule has 0 radical (unpaired) electrons. The molecule has 142 valence electrons. The van der Waals surface area contributed by atoms with Crippen LogP contribution in [0.15, 0.2) is 36.4 Å². The Morgan fingerprint density at radius 1 is 0.885 bits per heavy atom. The van der Waals surface area contributed by atoms with E-state index in [2.05, 4.69) is 18.3 Å². The van der Waals surface area contributed by atoms with E-state index in [9.17, 15) is 0 Å². The van der Waals surface area contributed by atoms with Crippen LogP contribution in [-0.2, 0) is 13.1 Å². The van der Waals surface area contributed by atoms with Crippen molar-refractivity contribution in [1.29, 1.82) is 0 Å². The van der Waals surface area contributed by atoms with Gasteiger partial charge in [-0.25, -0.2) is 0 Å². The molecule has 0 heterocycles. The molecule has 0 aliphatic carbocycles. The Kier molecular flexibility index (Phi) is 8.59. The molecule has 5 heteroatoms. The third-order valence-electron chi connectivity index (χ3n) is 4.16. The highest BCUT2D eigenvalue weighted by atomic mass is 35.5. The summed E-state index contributed by atoms with van der Waals surface area (Å²) in [5.74, 6) is 2.25. The van der Waals surface area contributed by atoms with E-state index in [4.69, 9.17) is 25.8 Å². The van der Waals surface area contributed by atoms with E-state index < -0.39 is 0 Å². The molecular formula is C21H28ClNO3. The van der Waals surface area contributed by atoms with E-state index in [0.717, 1.165) is 29.9 Å². The largest absolute Gasteiger partial charge is 0.493 e. The first-order valence-electron chi connectivity index (χ1n) is 9.01. The summed E-state index contributed by atoms with van der Waals surface area (Å²) < 4.78 is 16.5. The van der Waals surface area contributed by atoms with Crippen LogP contribution < -0.4 is 19.5 Å². The van der Waals surface area contributed by atoms with Crippen molar-refractivity contribution < 1.29 is 14.2 Å². The summed E-state index contributed by atoms with van der Waals surface area (Å²) in [6.45, 7) is 4.28. The van der Waals surface area contributed by atoms with Gasteiger partial charge in [-0.15, -0.1) is 0 Å². The molecule has 2 aromatic rings. The van der Waals surface area contributed by atoms with Crippen molar-refractivity contribution in [2.45, 2.75) is 39.3 Å². The number of ether oxygens (including phenoxy) is 3. The second-order valence-corrected chi connectivity index (χ2v) is 6.47. The van der Waals surface area contributed by atoms with Gasteiger partial charge >= 0.3 is 0 Å². The highest BCUT2D eigenvalue weighted by molar-refractivity contribution is 6.31. The quantitative estimate of drug-likeness (QED) is 0.545. The summed E-state index contributed by atoms with van der Waals surface area (Å²) >= 11 is 6.35. The van der Waals surface area contributed by atoms with Gasteiger partial charge in [0, 0.05) is 29.7 Å². The number of para-hydroxylation sites is 1.